The van der Waals surface area contributed by atoms with Gasteiger partial charge in [-0.15, -0.1) is 0 Å². The Balaban J connectivity index is 1.63. The topological polar surface area (TPSA) is 120 Å². The van der Waals surface area contributed by atoms with E-state index in [1.54, 1.807) is 37.3 Å². The molecule has 0 aliphatic rings. The zero-order chi connectivity index (χ0) is 19.8. The Morgan fingerprint density at radius 1 is 1.18 bits per heavy atom. The molecule has 0 spiro atoms. The fourth-order valence-corrected chi connectivity index (χ4v) is 3.11. The summed E-state index contributed by atoms with van der Waals surface area (Å²) in [5, 5.41) is 3.43. The number of rotatable bonds is 4. The predicted octanol–water partition coefficient (Wildman–Crippen LogP) is 2.19. The number of hydrogen-bond donors (Lipinski definition) is 2. The highest BCUT2D eigenvalue weighted by atomic mass is 16.3. The van der Waals surface area contributed by atoms with Crippen molar-refractivity contribution >= 4 is 39.6 Å². The second kappa shape index (κ2) is 6.66. The Kier molecular flexibility index (Phi) is 4.15. The van der Waals surface area contributed by atoms with Crippen LogP contribution in [0.25, 0.3) is 22.1 Å². The van der Waals surface area contributed by atoms with Crippen molar-refractivity contribution in [2.24, 2.45) is 5.73 Å². The maximum Gasteiger partial charge on any atom is 0.297 e. The highest BCUT2D eigenvalue weighted by molar-refractivity contribution is 6.02. The highest BCUT2D eigenvalue weighted by Gasteiger charge is 2.15. The summed E-state index contributed by atoms with van der Waals surface area (Å²) in [4.78, 5) is 40.8. The number of nitrogens with two attached hydrogens (primary N) is 1. The lowest BCUT2D eigenvalue weighted by Gasteiger charge is -2.11. The van der Waals surface area contributed by atoms with Crippen LogP contribution in [-0.2, 0) is 11.3 Å². The van der Waals surface area contributed by atoms with Crippen molar-refractivity contribution in [3.63, 3.8) is 0 Å². The minimum Gasteiger partial charge on any atom is -0.448 e. The minimum absolute atomic E-state index is 0.100. The van der Waals surface area contributed by atoms with Crippen LogP contribution in [0.2, 0.25) is 0 Å². The number of carbonyl (C=O) groups is 2. The molecule has 8 heteroatoms. The molecule has 4 rings (SSSR count). The monoisotopic (exact) mass is 376 g/mol. The maximum atomic E-state index is 12.7. The van der Waals surface area contributed by atoms with Gasteiger partial charge in [0.05, 0.1) is 6.33 Å². The van der Waals surface area contributed by atoms with Crippen molar-refractivity contribution in [3.8, 4) is 0 Å². The van der Waals surface area contributed by atoms with Gasteiger partial charge in [-0.2, -0.15) is 0 Å². The van der Waals surface area contributed by atoms with Crippen LogP contribution in [0.3, 0.4) is 0 Å². The number of fused-ring (bicyclic) bond motifs is 3. The van der Waals surface area contributed by atoms with E-state index >= 15 is 0 Å². The summed E-state index contributed by atoms with van der Waals surface area (Å²) in [5.41, 5.74) is 7.33. The van der Waals surface area contributed by atoms with Gasteiger partial charge in [0.1, 0.15) is 17.6 Å². The number of carbonyl (C=O) groups excluding carboxylic acids is 2. The lowest BCUT2D eigenvalue weighted by molar-refractivity contribution is -0.116. The number of primary amides is 1. The number of nitrogens with zero attached hydrogens (tertiary/aromatic N) is 2. The molecule has 2 aromatic carbocycles. The number of para-hydroxylation sites is 1. The zero-order valence-electron chi connectivity index (χ0n) is 14.9. The predicted molar refractivity (Wildman–Crippen MR) is 104 cm³/mol. The lowest BCUT2D eigenvalue weighted by Crippen LogP contribution is -2.28. The smallest absolute Gasteiger partial charge is 0.297 e. The van der Waals surface area contributed by atoms with E-state index in [-0.39, 0.29) is 12.1 Å². The summed E-state index contributed by atoms with van der Waals surface area (Å²) < 4.78 is 6.78. The van der Waals surface area contributed by atoms with Gasteiger partial charge in [0.25, 0.3) is 5.56 Å². The van der Waals surface area contributed by atoms with Gasteiger partial charge in [-0.25, -0.2) is 4.98 Å². The Labute approximate surface area is 158 Å². The Morgan fingerprint density at radius 3 is 2.75 bits per heavy atom. The van der Waals surface area contributed by atoms with Gasteiger partial charge in [-0.3, -0.25) is 19.0 Å². The van der Waals surface area contributed by atoms with Crippen LogP contribution in [-0.4, -0.2) is 21.4 Å². The van der Waals surface area contributed by atoms with Crippen LogP contribution in [0.4, 0.5) is 5.69 Å². The summed E-state index contributed by atoms with van der Waals surface area (Å²) in [6, 6.07) is 12.1. The molecule has 3 N–H and O–H groups in total. The first kappa shape index (κ1) is 17.5. The molecule has 0 saturated heterocycles. The average Bonchev–Trinajstić information content (AvgIpc) is 3.05. The molecule has 140 valence electrons. The van der Waals surface area contributed by atoms with Crippen molar-refractivity contribution in [2.75, 3.05) is 5.32 Å². The molecule has 0 radical (unpaired) electrons. The van der Waals surface area contributed by atoms with E-state index in [2.05, 4.69) is 10.3 Å². The van der Waals surface area contributed by atoms with Crippen LogP contribution in [0, 0.1) is 6.92 Å². The molecule has 0 unspecified atom stereocenters. The Bertz CT molecular complexity index is 1300. The van der Waals surface area contributed by atoms with Crippen LogP contribution in [0.5, 0.6) is 0 Å². The van der Waals surface area contributed by atoms with E-state index in [4.69, 9.17) is 10.2 Å². The van der Waals surface area contributed by atoms with Crippen molar-refractivity contribution in [2.45, 2.75) is 13.5 Å². The molecular weight excluding hydrogens is 360 g/mol. The standard InChI is InChI=1S/C20H16N4O4/c1-11-12(19(21)26)6-4-7-14(11)23-16(25)9-24-10-22-17-13-5-2-3-8-15(13)28-18(17)20(24)27/h2-8,10H,9H2,1H3,(H2,21,26)(H,23,25). The van der Waals surface area contributed by atoms with E-state index in [0.29, 0.717) is 27.9 Å². The molecule has 0 bridgehead atoms. The largest absolute Gasteiger partial charge is 0.448 e. The van der Waals surface area contributed by atoms with Crippen LogP contribution < -0.4 is 16.6 Å². The third-order valence-corrected chi connectivity index (χ3v) is 4.54. The molecule has 8 nitrogen and oxygen atoms in total. The van der Waals surface area contributed by atoms with Crippen molar-refractivity contribution in [1.29, 1.82) is 0 Å². The molecular formula is C20H16N4O4. The zero-order valence-corrected chi connectivity index (χ0v) is 14.9. The molecule has 4 aromatic rings. The number of amides is 2. The number of aromatic nitrogens is 2. The third-order valence-electron chi connectivity index (χ3n) is 4.54. The fraction of sp³-hybridized carbons (Fsp3) is 0.100. The first-order chi connectivity index (χ1) is 13.5. The van der Waals surface area contributed by atoms with Gasteiger partial charge in [-0.05, 0) is 36.8 Å². The van der Waals surface area contributed by atoms with E-state index in [1.165, 1.54) is 10.9 Å². The second-order valence-corrected chi connectivity index (χ2v) is 6.34. The maximum absolute atomic E-state index is 12.7. The molecule has 0 atom stereocenters. The molecule has 2 heterocycles. The molecule has 0 aliphatic carbocycles. The number of anilines is 1. The van der Waals surface area contributed by atoms with E-state index in [9.17, 15) is 14.4 Å². The molecule has 28 heavy (non-hydrogen) atoms. The number of benzene rings is 2. The summed E-state index contributed by atoms with van der Waals surface area (Å²) >= 11 is 0. The molecule has 2 amide bonds. The van der Waals surface area contributed by atoms with E-state index < -0.39 is 17.4 Å². The fourth-order valence-electron chi connectivity index (χ4n) is 3.11. The minimum atomic E-state index is -0.579. The summed E-state index contributed by atoms with van der Waals surface area (Å²) in [6.45, 7) is 1.43. The van der Waals surface area contributed by atoms with Gasteiger partial charge >= 0.3 is 0 Å². The Hall–Kier alpha value is -3.94. The summed E-state index contributed by atoms with van der Waals surface area (Å²) in [6.07, 6.45) is 1.32. The van der Waals surface area contributed by atoms with Crippen LogP contribution in [0.1, 0.15) is 15.9 Å². The van der Waals surface area contributed by atoms with E-state index in [1.807, 2.05) is 12.1 Å². The lowest BCUT2D eigenvalue weighted by atomic mass is 10.1. The number of hydrogen-bond acceptors (Lipinski definition) is 5. The number of furan rings is 1. The normalized spacial score (nSPS) is 11.0. The van der Waals surface area contributed by atoms with Gasteiger partial charge in [0, 0.05) is 16.6 Å². The first-order valence-corrected chi connectivity index (χ1v) is 8.51. The molecule has 0 aliphatic heterocycles. The third kappa shape index (κ3) is 2.90. The van der Waals surface area contributed by atoms with Crippen LogP contribution in [0.15, 0.2) is 58.0 Å². The van der Waals surface area contributed by atoms with Crippen molar-refractivity contribution in [3.05, 3.63) is 70.3 Å². The van der Waals surface area contributed by atoms with E-state index in [0.717, 1.165) is 5.39 Å². The summed E-state index contributed by atoms with van der Waals surface area (Å²) in [7, 11) is 0. The molecule has 2 aromatic heterocycles. The van der Waals surface area contributed by atoms with Gasteiger partial charge in [-0.1, -0.05) is 18.2 Å². The van der Waals surface area contributed by atoms with Crippen LogP contribution >= 0.6 is 0 Å². The Morgan fingerprint density at radius 2 is 1.96 bits per heavy atom. The SMILES string of the molecule is Cc1c(NC(=O)Cn2cnc3c(oc4ccccc43)c2=O)cccc1C(N)=O. The van der Waals surface area contributed by atoms with Gasteiger partial charge in [0.2, 0.25) is 17.4 Å². The quantitative estimate of drug-likeness (QED) is 0.566. The van der Waals surface area contributed by atoms with Crippen molar-refractivity contribution < 1.29 is 14.0 Å². The first-order valence-electron chi connectivity index (χ1n) is 8.51. The summed E-state index contributed by atoms with van der Waals surface area (Å²) in [5.74, 6) is -1.02. The second-order valence-electron chi connectivity index (χ2n) is 6.34. The highest BCUT2D eigenvalue weighted by Crippen LogP contribution is 2.24. The number of nitrogens with one attached hydrogen (secondary N) is 1. The molecule has 0 saturated carbocycles. The average molecular weight is 376 g/mol. The molecule has 0 fully saturated rings. The van der Waals surface area contributed by atoms with Gasteiger partial charge in [0.15, 0.2) is 0 Å². The van der Waals surface area contributed by atoms with Crippen molar-refractivity contribution in [1.82, 2.24) is 9.55 Å². The van der Waals surface area contributed by atoms with Gasteiger partial charge < -0.3 is 15.5 Å².